The summed E-state index contributed by atoms with van der Waals surface area (Å²) in [5.41, 5.74) is 2.30. The molecule has 126 valence electrons. The van der Waals surface area contributed by atoms with Crippen molar-refractivity contribution in [1.29, 1.82) is 0 Å². The van der Waals surface area contributed by atoms with Crippen LogP contribution < -0.4 is 4.74 Å². The standard InChI is InChI=1S/C20H22O4/c1-13(21)17-12-16(10-11-18(17)23-5)14-6-8-15(9-7-14)19(22)24-20(2,3)4/h6-12H,1-5H3. The molecule has 0 unspecified atom stereocenters. The van der Waals surface area contributed by atoms with Gasteiger partial charge in [0.05, 0.1) is 18.2 Å². The summed E-state index contributed by atoms with van der Waals surface area (Å²) in [6.07, 6.45) is 0. The SMILES string of the molecule is COc1ccc(-c2ccc(C(=O)OC(C)(C)C)cc2)cc1C(C)=O. The number of ether oxygens (including phenoxy) is 2. The van der Waals surface area contributed by atoms with Crippen LogP contribution in [0.15, 0.2) is 42.5 Å². The zero-order valence-corrected chi connectivity index (χ0v) is 14.7. The number of methoxy groups -OCH3 is 1. The van der Waals surface area contributed by atoms with Crippen molar-refractivity contribution in [3.63, 3.8) is 0 Å². The van der Waals surface area contributed by atoms with Crippen LogP contribution in [0.3, 0.4) is 0 Å². The third-order valence-electron chi connectivity index (χ3n) is 3.43. The summed E-state index contributed by atoms with van der Waals surface area (Å²) in [4.78, 5) is 23.8. The Balaban J connectivity index is 2.30. The minimum absolute atomic E-state index is 0.0564. The first-order valence-electron chi connectivity index (χ1n) is 7.74. The molecule has 2 aromatic carbocycles. The van der Waals surface area contributed by atoms with E-state index in [0.29, 0.717) is 16.9 Å². The second-order valence-corrected chi connectivity index (χ2v) is 6.55. The Morgan fingerprint density at radius 1 is 0.917 bits per heavy atom. The summed E-state index contributed by atoms with van der Waals surface area (Å²) in [7, 11) is 1.54. The van der Waals surface area contributed by atoms with Crippen LogP contribution in [0, 0.1) is 0 Å². The summed E-state index contributed by atoms with van der Waals surface area (Å²) < 4.78 is 10.6. The first kappa shape index (κ1) is 17.7. The smallest absolute Gasteiger partial charge is 0.338 e. The van der Waals surface area contributed by atoms with E-state index in [4.69, 9.17) is 9.47 Å². The highest BCUT2D eigenvalue weighted by Gasteiger charge is 2.18. The quantitative estimate of drug-likeness (QED) is 0.612. The van der Waals surface area contributed by atoms with E-state index in [0.717, 1.165) is 11.1 Å². The van der Waals surface area contributed by atoms with Crippen molar-refractivity contribution < 1.29 is 19.1 Å². The molecule has 0 aliphatic heterocycles. The van der Waals surface area contributed by atoms with Crippen LogP contribution in [-0.4, -0.2) is 24.5 Å². The molecule has 0 bridgehead atoms. The van der Waals surface area contributed by atoms with Gasteiger partial charge in [-0.05, 0) is 63.1 Å². The number of hydrogen-bond acceptors (Lipinski definition) is 4. The monoisotopic (exact) mass is 326 g/mol. The largest absolute Gasteiger partial charge is 0.496 e. The summed E-state index contributed by atoms with van der Waals surface area (Å²) >= 11 is 0. The molecule has 24 heavy (non-hydrogen) atoms. The van der Waals surface area contributed by atoms with Crippen LogP contribution in [0.1, 0.15) is 48.4 Å². The lowest BCUT2D eigenvalue weighted by atomic mass is 10.00. The van der Waals surface area contributed by atoms with Crippen LogP contribution >= 0.6 is 0 Å². The van der Waals surface area contributed by atoms with E-state index >= 15 is 0 Å². The van der Waals surface area contributed by atoms with Gasteiger partial charge >= 0.3 is 5.97 Å². The van der Waals surface area contributed by atoms with E-state index in [-0.39, 0.29) is 11.8 Å². The lowest BCUT2D eigenvalue weighted by Gasteiger charge is -2.19. The molecule has 0 aliphatic carbocycles. The van der Waals surface area contributed by atoms with Crippen molar-refractivity contribution in [3.8, 4) is 16.9 Å². The lowest BCUT2D eigenvalue weighted by Crippen LogP contribution is -2.23. The Morgan fingerprint density at radius 2 is 1.50 bits per heavy atom. The summed E-state index contributed by atoms with van der Waals surface area (Å²) in [6.45, 7) is 7.01. The maximum atomic E-state index is 12.1. The van der Waals surface area contributed by atoms with E-state index in [1.807, 2.05) is 39.0 Å². The van der Waals surface area contributed by atoms with E-state index in [1.165, 1.54) is 14.0 Å². The molecule has 0 amide bonds. The van der Waals surface area contributed by atoms with Gasteiger partial charge in [-0.3, -0.25) is 4.79 Å². The van der Waals surface area contributed by atoms with Crippen LogP contribution in [-0.2, 0) is 4.74 Å². The molecule has 2 aromatic rings. The van der Waals surface area contributed by atoms with Crippen LogP contribution in [0.4, 0.5) is 0 Å². The molecule has 4 heteroatoms. The van der Waals surface area contributed by atoms with Gasteiger partial charge in [-0.25, -0.2) is 4.79 Å². The number of ketones is 1. The zero-order chi connectivity index (χ0) is 17.9. The molecule has 4 nitrogen and oxygen atoms in total. The summed E-state index contributed by atoms with van der Waals surface area (Å²) in [5, 5.41) is 0. The van der Waals surface area contributed by atoms with Gasteiger partial charge in [-0.1, -0.05) is 18.2 Å². The predicted molar refractivity (Wildman–Crippen MR) is 93.6 cm³/mol. The molecule has 0 N–H and O–H groups in total. The molecule has 2 rings (SSSR count). The molecule has 0 aliphatic rings. The van der Waals surface area contributed by atoms with Crippen molar-refractivity contribution in [3.05, 3.63) is 53.6 Å². The van der Waals surface area contributed by atoms with Crippen LogP contribution in [0.5, 0.6) is 5.75 Å². The Hall–Kier alpha value is -2.62. The van der Waals surface area contributed by atoms with Gasteiger partial charge in [-0.15, -0.1) is 0 Å². The third kappa shape index (κ3) is 4.22. The molecule has 0 atom stereocenters. The first-order chi connectivity index (χ1) is 11.2. The maximum Gasteiger partial charge on any atom is 0.338 e. The fraction of sp³-hybridized carbons (Fsp3) is 0.300. The fourth-order valence-electron chi connectivity index (χ4n) is 2.30. The second-order valence-electron chi connectivity index (χ2n) is 6.55. The van der Waals surface area contributed by atoms with E-state index in [9.17, 15) is 9.59 Å². The third-order valence-corrected chi connectivity index (χ3v) is 3.43. The highest BCUT2D eigenvalue weighted by Crippen LogP contribution is 2.27. The molecule has 0 fully saturated rings. The highest BCUT2D eigenvalue weighted by molar-refractivity contribution is 5.98. The molecule has 0 aromatic heterocycles. The number of benzene rings is 2. The van der Waals surface area contributed by atoms with E-state index < -0.39 is 5.60 Å². The van der Waals surface area contributed by atoms with Gasteiger partial charge < -0.3 is 9.47 Å². The normalized spacial score (nSPS) is 11.0. The number of hydrogen-bond donors (Lipinski definition) is 0. The van der Waals surface area contributed by atoms with E-state index in [1.54, 1.807) is 24.3 Å². The molecule has 0 saturated heterocycles. The molecule has 0 spiro atoms. The minimum atomic E-state index is -0.526. The van der Waals surface area contributed by atoms with Crippen LogP contribution in [0.25, 0.3) is 11.1 Å². The minimum Gasteiger partial charge on any atom is -0.496 e. The number of Topliss-reactive ketones (excluding diaryl/α,β-unsaturated/α-hetero) is 1. The summed E-state index contributed by atoms with van der Waals surface area (Å²) in [5.74, 6) is 0.143. The Bertz CT molecular complexity index is 752. The second kappa shape index (κ2) is 6.87. The molecular formula is C20H22O4. The van der Waals surface area contributed by atoms with Gasteiger partial charge in [0, 0.05) is 0 Å². The first-order valence-corrected chi connectivity index (χ1v) is 7.74. The molecule has 0 saturated carbocycles. The summed E-state index contributed by atoms with van der Waals surface area (Å²) in [6, 6.07) is 12.6. The number of carbonyl (C=O) groups is 2. The molecular weight excluding hydrogens is 304 g/mol. The number of rotatable bonds is 4. The zero-order valence-electron chi connectivity index (χ0n) is 14.7. The number of carbonyl (C=O) groups excluding carboxylic acids is 2. The van der Waals surface area contributed by atoms with Gasteiger partial charge in [0.25, 0.3) is 0 Å². The van der Waals surface area contributed by atoms with E-state index in [2.05, 4.69) is 0 Å². The number of esters is 1. The Morgan fingerprint density at radius 3 is 2.00 bits per heavy atom. The average Bonchev–Trinajstić information content (AvgIpc) is 2.52. The van der Waals surface area contributed by atoms with Gasteiger partial charge in [-0.2, -0.15) is 0 Å². The molecule has 0 heterocycles. The van der Waals surface area contributed by atoms with Gasteiger partial charge in [0.2, 0.25) is 0 Å². The average molecular weight is 326 g/mol. The Kier molecular flexibility index (Phi) is 5.07. The predicted octanol–water partition coefficient (Wildman–Crippen LogP) is 4.52. The lowest BCUT2D eigenvalue weighted by molar-refractivity contribution is 0.00694. The van der Waals surface area contributed by atoms with Crippen molar-refractivity contribution in [2.75, 3.05) is 7.11 Å². The van der Waals surface area contributed by atoms with Gasteiger partial charge in [0.1, 0.15) is 11.4 Å². The molecule has 0 radical (unpaired) electrons. The van der Waals surface area contributed by atoms with Crippen molar-refractivity contribution in [1.82, 2.24) is 0 Å². The van der Waals surface area contributed by atoms with Crippen molar-refractivity contribution >= 4 is 11.8 Å². The van der Waals surface area contributed by atoms with Crippen molar-refractivity contribution in [2.24, 2.45) is 0 Å². The fourth-order valence-corrected chi connectivity index (χ4v) is 2.30. The van der Waals surface area contributed by atoms with Gasteiger partial charge in [0.15, 0.2) is 5.78 Å². The maximum absolute atomic E-state index is 12.1. The van der Waals surface area contributed by atoms with Crippen LogP contribution in [0.2, 0.25) is 0 Å². The van der Waals surface area contributed by atoms with Crippen molar-refractivity contribution in [2.45, 2.75) is 33.3 Å². The topological polar surface area (TPSA) is 52.6 Å². The highest BCUT2D eigenvalue weighted by atomic mass is 16.6. The Labute approximate surface area is 142 Å².